The van der Waals surface area contributed by atoms with Crippen molar-refractivity contribution in [3.05, 3.63) is 12.7 Å². The molecule has 3 atom stereocenters. The molecule has 0 aliphatic carbocycles. The molecule has 0 radical (unpaired) electrons. The summed E-state index contributed by atoms with van der Waals surface area (Å²) >= 11 is 0. The van der Waals surface area contributed by atoms with Gasteiger partial charge in [-0.2, -0.15) is 0 Å². The summed E-state index contributed by atoms with van der Waals surface area (Å²) in [6, 6.07) is -0.415. The number of hydrogen-bond donors (Lipinski definition) is 2. The Kier molecular flexibility index (Phi) is 7.83. The van der Waals surface area contributed by atoms with Crippen molar-refractivity contribution < 1.29 is 9.53 Å². The van der Waals surface area contributed by atoms with Gasteiger partial charge in [0, 0.05) is 13.0 Å². The minimum absolute atomic E-state index is 0.104. The lowest BCUT2D eigenvalue weighted by atomic mass is 10.0. The minimum Gasteiger partial charge on any atom is -0.369 e. The molecule has 4 heteroatoms. The van der Waals surface area contributed by atoms with E-state index < -0.39 is 0 Å². The number of ether oxygens (including phenoxy) is 1. The molecule has 0 bridgehead atoms. The summed E-state index contributed by atoms with van der Waals surface area (Å²) < 4.78 is 5.91. The normalized spacial score (nSPS) is 16.4. The molecule has 0 aromatic rings. The quantitative estimate of drug-likeness (QED) is 0.635. The topological polar surface area (TPSA) is 64.3 Å². The van der Waals surface area contributed by atoms with Gasteiger partial charge in [0.15, 0.2) is 0 Å². The average Bonchev–Trinajstić information content (AvgIpc) is 2.28. The molecule has 1 amide bonds. The highest BCUT2D eigenvalue weighted by Crippen LogP contribution is 2.12. The molecule has 3 unspecified atom stereocenters. The lowest BCUT2D eigenvalue weighted by Gasteiger charge is -2.31. The maximum atomic E-state index is 11.1. The van der Waals surface area contributed by atoms with Crippen molar-refractivity contribution in [3.8, 4) is 0 Å². The molecule has 17 heavy (non-hydrogen) atoms. The van der Waals surface area contributed by atoms with Gasteiger partial charge in [-0.1, -0.05) is 19.9 Å². The molecule has 0 heterocycles. The first-order chi connectivity index (χ1) is 7.96. The highest BCUT2D eigenvalue weighted by Gasteiger charge is 2.25. The van der Waals surface area contributed by atoms with Gasteiger partial charge in [-0.25, -0.2) is 0 Å². The van der Waals surface area contributed by atoms with E-state index in [4.69, 9.17) is 10.5 Å². The molecule has 0 fully saturated rings. The van der Waals surface area contributed by atoms with E-state index >= 15 is 0 Å². The van der Waals surface area contributed by atoms with Crippen LogP contribution >= 0.6 is 0 Å². The number of rotatable bonds is 8. The van der Waals surface area contributed by atoms with Crippen LogP contribution in [0.5, 0.6) is 0 Å². The van der Waals surface area contributed by atoms with Gasteiger partial charge < -0.3 is 15.8 Å². The molecule has 0 aromatic heterocycles. The monoisotopic (exact) mass is 242 g/mol. The van der Waals surface area contributed by atoms with Crippen molar-refractivity contribution in [1.29, 1.82) is 0 Å². The third-order valence-corrected chi connectivity index (χ3v) is 2.78. The molecular formula is C13H26N2O2. The average molecular weight is 242 g/mol. The minimum atomic E-state index is -0.246. The Balaban J connectivity index is 4.65. The summed E-state index contributed by atoms with van der Waals surface area (Å²) in [4.78, 5) is 11.1. The van der Waals surface area contributed by atoms with Crippen LogP contribution in [0.1, 0.15) is 40.5 Å². The Morgan fingerprint density at radius 3 is 2.29 bits per heavy atom. The first kappa shape index (κ1) is 16.1. The molecule has 0 aliphatic rings. The fourth-order valence-electron chi connectivity index (χ4n) is 1.74. The zero-order valence-corrected chi connectivity index (χ0v) is 11.4. The van der Waals surface area contributed by atoms with Gasteiger partial charge in [-0.05, 0) is 19.8 Å². The summed E-state index contributed by atoms with van der Waals surface area (Å²) in [6.45, 7) is 11.2. The Morgan fingerprint density at radius 1 is 1.47 bits per heavy atom. The maximum Gasteiger partial charge on any atom is 0.217 e. The Bertz CT molecular complexity index is 238. The van der Waals surface area contributed by atoms with E-state index in [9.17, 15) is 4.79 Å². The van der Waals surface area contributed by atoms with Crippen molar-refractivity contribution in [2.45, 2.75) is 64.8 Å². The number of hydrogen-bond acceptors (Lipinski definition) is 3. The van der Waals surface area contributed by atoms with E-state index in [-0.39, 0.29) is 30.2 Å². The van der Waals surface area contributed by atoms with Crippen molar-refractivity contribution in [3.63, 3.8) is 0 Å². The van der Waals surface area contributed by atoms with Crippen molar-refractivity contribution in [1.82, 2.24) is 5.32 Å². The van der Waals surface area contributed by atoms with Gasteiger partial charge in [0.2, 0.25) is 5.91 Å². The molecule has 0 saturated carbocycles. The second-order valence-electron chi connectivity index (χ2n) is 4.36. The summed E-state index contributed by atoms with van der Waals surface area (Å²) in [5.41, 5.74) is 5.88. The Morgan fingerprint density at radius 2 is 2.00 bits per heavy atom. The summed E-state index contributed by atoms with van der Waals surface area (Å²) in [5, 5.41) is 2.82. The maximum absolute atomic E-state index is 11.1. The van der Waals surface area contributed by atoms with Crippen molar-refractivity contribution in [2.75, 3.05) is 0 Å². The number of amides is 1. The van der Waals surface area contributed by atoms with E-state index in [1.54, 1.807) is 6.08 Å². The fraction of sp³-hybridized carbons (Fsp3) is 0.769. The molecule has 4 nitrogen and oxygen atoms in total. The number of carbonyl (C=O) groups is 1. The first-order valence-electron chi connectivity index (χ1n) is 6.26. The fourth-order valence-corrected chi connectivity index (χ4v) is 1.74. The van der Waals surface area contributed by atoms with Crippen LogP contribution in [-0.4, -0.2) is 30.2 Å². The lowest BCUT2D eigenvalue weighted by Crippen LogP contribution is -2.53. The Labute approximate surface area is 105 Å². The molecule has 3 N–H and O–H groups in total. The van der Waals surface area contributed by atoms with Crippen molar-refractivity contribution in [2.24, 2.45) is 5.73 Å². The molecule has 0 rings (SSSR count). The summed E-state index contributed by atoms with van der Waals surface area (Å²) in [7, 11) is 0. The smallest absolute Gasteiger partial charge is 0.217 e. The van der Waals surface area contributed by atoms with Gasteiger partial charge in [0.1, 0.15) is 0 Å². The first-order valence-corrected chi connectivity index (χ1v) is 6.26. The highest BCUT2D eigenvalue weighted by atomic mass is 16.5. The van der Waals surface area contributed by atoms with Gasteiger partial charge in [0.05, 0.1) is 18.2 Å². The molecule has 0 aliphatic heterocycles. The second-order valence-corrected chi connectivity index (χ2v) is 4.36. The van der Waals surface area contributed by atoms with Crippen LogP contribution in [0.2, 0.25) is 0 Å². The Hall–Kier alpha value is -0.870. The van der Waals surface area contributed by atoms with E-state index in [0.29, 0.717) is 0 Å². The number of nitrogens with two attached hydrogens (primary N) is 1. The van der Waals surface area contributed by atoms with Gasteiger partial charge in [-0.15, -0.1) is 6.58 Å². The van der Waals surface area contributed by atoms with Gasteiger partial charge in [-0.3, -0.25) is 4.79 Å². The zero-order valence-electron chi connectivity index (χ0n) is 11.4. The molecule has 0 aromatic carbocycles. The van der Waals surface area contributed by atoms with Gasteiger partial charge >= 0.3 is 0 Å². The standard InChI is InChI=1S/C13H26N2O2/c1-6-11(7-2)17-12(8-3)13(9(4)14)15-10(5)16/h8-9,11-13H,3,6-7,14H2,1-2,4-5H3,(H,15,16). The summed E-state index contributed by atoms with van der Waals surface area (Å²) in [6.07, 6.45) is 3.51. The number of nitrogens with one attached hydrogen (secondary N) is 1. The largest absolute Gasteiger partial charge is 0.369 e. The van der Waals surface area contributed by atoms with Crippen molar-refractivity contribution >= 4 is 5.91 Å². The predicted molar refractivity (Wildman–Crippen MR) is 70.7 cm³/mol. The van der Waals surface area contributed by atoms with Crippen LogP contribution in [0.3, 0.4) is 0 Å². The third-order valence-electron chi connectivity index (χ3n) is 2.78. The predicted octanol–water partition coefficient (Wildman–Crippen LogP) is 1.60. The number of carbonyl (C=O) groups excluding carboxylic acids is 1. The second kappa shape index (κ2) is 8.25. The summed E-state index contributed by atoms with van der Waals surface area (Å²) in [5.74, 6) is -0.104. The van der Waals surface area contributed by atoms with Crippen LogP contribution in [0.15, 0.2) is 12.7 Å². The van der Waals surface area contributed by atoms with Crippen LogP contribution in [0, 0.1) is 0 Å². The lowest BCUT2D eigenvalue weighted by molar-refractivity contribution is -0.121. The van der Waals surface area contributed by atoms with Crippen LogP contribution in [0.25, 0.3) is 0 Å². The van der Waals surface area contributed by atoms with Crippen LogP contribution < -0.4 is 11.1 Å². The zero-order chi connectivity index (χ0) is 13.4. The molecule has 100 valence electrons. The van der Waals surface area contributed by atoms with Gasteiger partial charge in [0.25, 0.3) is 0 Å². The highest BCUT2D eigenvalue weighted by molar-refractivity contribution is 5.73. The molecule has 0 saturated heterocycles. The van der Waals surface area contributed by atoms with Crippen LogP contribution in [-0.2, 0) is 9.53 Å². The van der Waals surface area contributed by atoms with E-state index in [1.165, 1.54) is 6.92 Å². The van der Waals surface area contributed by atoms with Crippen LogP contribution in [0.4, 0.5) is 0 Å². The van der Waals surface area contributed by atoms with E-state index in [2.05, 4.69) is 25.7 Å². The SMILES string of the molecule is C=CC(OC(CC)CC)C(NC(C)=O)C(C)N. The van der Waals surface area contributed by atoms with E-state index in [1.807, 2.05) is 6.92 Å². The molecule has 0 spiro atoms. The third kappa shape index (κ3) is 5.84. The molecular weight excluding hydrogens is 216 g/mol. The van der Waals surface area contributed by atoms with E-state index in [0.717, 1.165) is 12.8 Å².